The zero-order valence-corrected chi connectivity index (χ0v) is 22.1. The number of rotatable bonds is 7. The van der Waals surface area contributed by atoms with Crippen molar-refractivity contribution in [1.29, 1.82) is 0 Å². The van der Waals surface area contributed by atoms with Crippen LogP contribution in [0.15, 0.2) is 70.6 Å². The highest BCUT2D eigenvalue weighted by atomic mass is 32.2. The number of nitrogens with zero attached hydrogens (tertiary/aromatic N) is 4. The van der Waals surface area contributed by atoms with E-state index < -0.39 is 5.25 Å². The van der Waals surface area contributed by atoms with Gasteiger partial charge in [0.1, 0.15) is 4.83 Å². The van der Waals surface area contributed by atoms with Crippen molar-refractivity contribution in [3.63, 3.8) is 0 Å². The molecule has 2 aromatic carbocycles. The van der Waals surface area contributed by atoms with E-state index in [0.29, 0.717) is 17.5 Å². The Labute approximate surface area is 222 Å². The van der Waals surface area contributed by atoms with E-state index in [4.69, 9.17) is 0 Å². The van der Waals surface area contributed by atoms with Crippen molar-refractivity contribution in [3.05, 3.63) is 87.0 Å². The van der Waals surface area contributed by atoms with Gasteiger partial charge in [-0.25, -0.2) is 4.40 Å². The van der Waals surface area contributed by atoms with Crippen molar-refractivity contribution in [2.24, 2.45) is 0 Å². The minimum atomic E-state index is -0.401. The van der Waals surface area contributed by atoms with E-state index >= 15 is 0 Å². The number of aryl methyl sites for hydroxylation is 4. The maximum Gasteiger partial charge on any atom is 0.263 e. The second-order valence-electron chi connectivity index (χ2n) is 9.32. The number of para-hydroxylation sites is 1. The molecular formula is C28H27N5O2S2. The van der Waals surface area contributed by atoms with Crippen LogP contribution >= 0.6 is 23.1 Å². The van der Waals surface area contributed by atoms with Gasteiger partial charge in [-0.15, -0.1) is 21.5 Å². The van der Waals surface area contributed by atoms with Crippen molar-refractivity contribution in [2.75, 3.05) is 5.32 Å². The molecule has 5 aromatic rings. The molecule has 0 bridgehead atoms. The van der Waals surface area contributed by atoms with Gasteiger partial charge in [0.2, 0.25) is 11.7 Å². The van der Waals surface area contributed by atoms with E-state index in [1.54, 1.807) is 15.9 Å². The number of benzene rings is 2. The summed E-state index contributed by atoms with van der Waals surface area (Å²) in [5.41, 5.74) is 3.12. The molecule has 0 unspecified atom stereocenters. The Hall–Kier alpha value is -3.43. The van der Waals surface area contributed by atoms with Gasteiger partial charge in [0.05, 0.1) is 10.6 Å². The number of carbonyl (C=O) groups excluding carboxylic acids is 1. The van der Waals surface area contributed by atoms with Gasteiger partial charge < -0.3 is 5.32 Å². The van der Waals surface area contributed by atoms with Crippen LogP contribution in [-0.2, 0) is 30.6 Å². The molecule has 1 N–H and O–H groups in total. The topological polar surface area (TPSA) is 81.3 Å². The molecule has 9 heteroatoms. The van der Waals surface area contributed by atoms with Crippen LogP contribution in [0.1, 0.15) is 35.8 Å². The molecule has 0 radical (unpaired) electrons. The van der Waals surface area contributed by atoms with Crippen molar-refractivity contribution in [3.8, 4) is 0 Å². The van der Waals surface area contributed by atoms with Crippen LogP contribution < -0.4 is 10.9 Å². The predicted molar refractivity (Wildman–Crippen MR) is 150 cm³/mol. The van der Waals surface area contributed by atoms with Crippen molar-refractivity contribution >= 4 is 50.7 Å². The molecule has 6 rings (SSSR count). The second kappa shape index (κ2) is 10.1. The Balaban J connectivity index is 1.41. The van der Waals surface area contributed by atoms with Crippen LogP contribution in [-0.4, -0.2) is 30.3 Å². The lowest BCUT2D eigenvalue weighted by molar-refractivity contribution is -0.115. The van der Waals surface area contributed by atoms with Gasteiger partial charge >= 0.3 is 0 Å². The molecule has 0 saturated carbocycles. The lowest BCUT2D eigenvalue weighted by Crippen LogP contribution is -2.25. The lowest BCUT2D eigenvalue weighted by Gasteiger charge is -2.13. The Morgan fingerprint density at radius 1 is 1.05 bits per heavy atom. The number of amides is 1. The highest BCUT2D eigenvalue weighted by Gasteiger charge is 2.26. The van der Waals surface area contributed by atoms with Gasteiger partial charge in [0.15, 0.2) is 5.16 Å². The Bertz CT molecular complexity index is 1640. The first-order valence-electron chi connectivity index (χ1n) is 12.6. The highest BCUT2D eigenvalue weighted by molar-refractivity contribution is 8.00. The monoisotopic (exact) mass is 529 g/mol. The SMILES string of the molecule is C[C@H](Sc1nnc2n(CCc3ccccc3)c(=O)c3c4c(sc3n12)CCCC4)C(=O)Nc1ccccc1. The van der Waals surface area contributed by atoms with E-state index in [-0.39, 0.29) is 11.5 Å². The average Bonchev–Trinajstić information content (AvgIpc) is 3.51. The van der Waals surface area contributed by atoms with E-state index in [2.05, 4.69) is 27.6 Å². The molecule has 3 heterocycles. The summed E-state index contributed by atoms with van der Waals surface area (Å²) >= 11 is 3.04. The Morgan fingerprint density at radius 3 is 2.57 bits per heavy atom. The normalized spacial score (nSPS) is 14.1. The fourth-order valence-corrected chi connectivity index (χ4v) is 7.20. The number of anilines is 1. The first-order valence-corrected chi connectivity index (χ1v) is 14.3. The van der Waals surface area contributed by atoms with Gasteiger partial charge in [-0.3, -0.25) is 14.2 Å². The number of thiophene rings is 1. The molecule has 0 aliphatic heterocycles. The highest BCUT2D eigenvalue weighted by Crippen LogP contribution is 2.36. The third kappa shape index (κ3) is 4.57. The third-order valence-electron chi connectivity index (χ3n) is 6.83. The molecular weight excluding hydrogens is 502 g/mol. The van der Waals surface area contributed by atoms with Crippen LogP contribution in [0.4, 0.5) is 5.69 Å². The lowest BCUT2D eigenvalue weighted by atomic mass is 9.97. The van der Waals surface area contributed by atoms with Crippen LogP contribution in [0.2, 0.25) is 0 Å². The number of hydrogen-bond acceptors (Lipinski definition) is 6. The number of thioether (sulfide) groups is 1. The molecule has 1 amide bonds. The third-order valence-corrected chi connectivity index (χ3v) is 9.15. The maximum atomic E-state index is 13.9. The minimum absolute atomic E-state index is 0.0108. The molecule has 37 heavy (non-hydrogen) atoms. The van der Waals surface area contributed by atoms with Gasteiger partial charge in [-0.05, 0) is 62.3 Å². The van der Waals surface area contributed by atoms with E-state index in [0.717, 1.165) is 48.0 Å². The smallest absolute Gasteiger partial charge is 0.263 e. The van der Waals surface area contributed by atoms with Gasteiger partial charge in [0.25, 0.3) is 5.56 Å². The van der Waals surface area contributed by atoms with E-state index in [1.165, 1.54) is 27.8 Å². The summed E-state index contributed by atoms with van der Waals surface area (Å²) in [5.74, 6) is 0.428. The first-order chi connectivity index (χ1) is 18.1. The summed E-state index contributed by atoms with van der Waals surface area (Å²) < 4.78 is 3.77. The molecule has 0 spiro atoms. The fraction of sp³-hybridized carbons (Fsp3) is 0.286. The largest absolute Gasteiger partial charge is 0.325 e. The number of fused-ring (bicyclic) bond motifs is 5. The summed E-state index contributed by atoms with van der Waals surface area (Å²) in [6.07, 6.45) is 4.89. The van der Waals surface area contributed by atoms with E-state index in [9.17, 15) is 9.59 Å². The summed E-state index contributed by atoms with van der Waals surface area (Å²) in [4.78, 5) is 29.0. The summed E-state index contributed by atoms with van der Waals surface area (Å²) in [5, 5.41) is 12.9. The minimum Gasteiger partial charge on any atom is -0.325 e. The van der Waals surface area contributed by atoms with Crippen molar-refractivity contribution in [1.82, 2.24) is 19.2 Å². The Morgan fingerprint density at radius 2 is 1.78 bits per heavy atom. The molecule has 1 aliphatic rings. The molecule has 1 atom stereocenters. The van der Waals surface area contributed by atoms with Crippen LogP contribution in [0.5, 0.6) is 0 Å². The second-order valence-corrected chi connectivity index (χ2v) is 11.7. The molecule has 0 saturated heterocycles. The van der Waals surface area contributed by atoms with Crippen molar-refractivity contribution < 1.29 is 4.79 Å². The van der Waals surface area contributed by atoms with Crippen LogP contribution in [0.3, 0.4) is 0 Å². The predicted octanol–water partition coefficient (Wildman–Crippen LogP) is 5.35. The number of hydrogen-bond donors (Lipinski definition) is 1. The van der Waals surface area contributed by atoms with Gasteiger partial charge in [-0.2, -0.15) is 0 Å². The standard InChI is InChI=1S/C28H27N5O2S2/c1-18(24(34)29-20-12-6-3-7-13-20)36-28-31-30-27-32(17-16-19-10-4-2-5-11-19)25(35)23-21-14-8-9-15-22(21)37-26(23)33(27)28/h2-7,10-13,18H,8-9,14-17H2,1H3,(H,29,34)/t18-/m0/s1. The molecule has 188 valence electrons. The number of carbonyl (C=O) groups is 1. The zero-order valence-electron chi connectivity index (χ0n) is 20.5. The number of nitrogens with one attached hydrogen (secondary N) is 1. The summed E-state index contributed by atoms with van der Waals surface area (Å²) in [7, 11) is 0. The molecule has 7 nitrogen and oxygen atoms in total. The van der Waals surface area contributed by atoms with E-state index in [1.807, 2.05) is 59.9 Å². The van der Waals surface area contributed by atoms with Gasteiger partial charge in [0, 0.05) is 17.1 Å². The Kier molecular flexibility index (Phi) is 6.56. The fourth-order valence-electron chi connectivity index (χ4n) is 4.91. The zero-order chi connectivity index (χ0) is 25.4. The van der Waals surface area contributed by atoms with Gasteiger partial charge in [-0.1, -0.05) is 60.3 Å². The molecule has 0 fully saturated rings. The quantitative estimate of drug-likeness (QED) is 0.288. The number of aromatic nitrogens is 4. The summed E-state index contributed by atoms with van der Waals surface area (Å²) in [6.45, 7) is 2.38. The summed E-state index contributed by atoms with van der Waals surface area (Å²) in [6, 6.07) is 19.6. The first kappa shape index (κ1) is 23.9. The molecule has 3 aromatic heterocycles. The molecule has 1 aliphatic carbocycles. The van der Waals surface area contributed by atoms with Crippen LogP contribution in [0.25, 0.3) is 16.0 Å². The maximum absolute atomic E-state index is 13.9. The average molecular weight is 530 g/mol. The van der Waals surface area contributed by atoms with Crippen molar-refractivity contribution in [2.45, 2.75) is 56.0 Å². The van der Waals surface area contributed by atoms with Crippen LogP contribution in [0, 0.1) is 0 Å².